The summed E-state index contributed by atoms with van der Waals surface area (Å²) in [6.07, 6.45) is 5.62. The highest BCUT2D eigenvalue weighted by molar-refractivity contribution is 6.30. The molecule has 1 aliphatic carbocycles. The maximum Gasteiger partial charge on any atom is 0.231 e. The fourth-order valence-electron chi connectivity index (χ4n) is 4.37. The van der Waals surface area contributed by atoms with E-state index in [0.29, 0.717) is 24.5 Å². The van der Waals surface area contributed by atoms with Crippen LogP contribution in [0.1, 0.15) is 36.0 Å². The van der Waals surface area contributed by atoms with Gasteiger partial charge in [0.15, 0.2) is 0 Å². The van der Waals surface area contributed by atoms with E-state index in [9.17, 15) is 0 Å². The summed E-state index contributed by atoms with van der Waals surface area (Å²) >= 11 is 6.00. The predicted molar refractivity (Wildman–Crippen MR) is 126 cm³/mol. The second-order valence-corrected chi connectivity index (χ2v) is 8.77. The number of anilines is 3. The SMILES string of the molecule is Clc1ccc(CNc2nc(NC3Cc4ccccc4C3)nc(N3CCCCC3)n2)cc1. The van der Waals surface area contributed by atoms with Crippen molar-refractivity contribution in [3.05, 3.63) is 70.2 Å². The van der Waals surface area contributed by atoms with E-state index in [1.807, 2.05) is 24.3 Å². The fourth-order valence-corrected chi connectivity index (χ4v) is 4.50. The van der Waals surface area contributed by atoms with Crippen LogP contribution in [-0.2, 0) is 19.4 Å². The van der Waals surface area contributed by atoms with Crippen molar-refractivity contribution in [2.75, 3.05) is 28.6 Å². The molecule has 5 rings (SSSR count). The third kappa shape index (κ3) is 4.90. The number of hydrogen-bond acceptors (Lipinski definition) is 6. The summed E-state index contributed by atoms with van der Waals surface area (Å²) in [7, 11) is 0. The van der Waals surface area contributed by atoms with E-state index in [0.717, 1.165) is 42.5 Å². The Kier molecular flexibility index (Phi) is 5.89. The Morgan fingerprint density at radius 1 is 0.839 bits per heavy atom. The van der Waals surface area contributed by atoms with Gasteiger partial charge in [-0.2, -0.15) is 15.0 Å². The highest BCUT2D eigenvalue weighted by atomic mass is 35.5. The molecule has 1 saturated heterocycles. The number of fused-ring (bicyclic) bond motifs is 1. The lowest BCUT2D eigenvalue weighted by Crippen LogP contribution is -2.32. The molecule has 3 aromatic rings. The molecule has 160 valence electrons. The van der Waals surface area contributed by atoms with Gasteiger partial charge in [0.25, 0.3) is 0 Å². The minimum Gasteiger partial charge on any atom is -0.351 e. The van der Waals surface area contributed by atoms with E-state index >= 15 is 0 Å². The Morgan fingerprint density at radius 2 is 1.52 bits per heavy atom. The van der Waals surface area contributed by atoms with Crippen LogP contribution in [0, 0.1) is 0 Å². The number of nitrogens with one attached hydrogen (secondary N) is 2. The molecular formula is C24H27ClN6. The molecule has 0 atom stereocenters. The second kappa shape index (κ2) is 9.10. The smallest absolute Gasteiger partial charge is 0.231 e. The van der Waals surface area contributed by atoms with Gasteiger partial charge in [-0.3, -0.25) is 0 Å². The lowest BCUT2D eigenvalue weighted by atomic mass is 10.1. The van der Waals surface area contributed by atoms with E-state index in [2.05, 4.69) is 44.8 Å². The molecule has 1 fully saturated rings. The number of hydrogen-bond donors (Lipinski definition) is 2. The number of benzene rings is 2. The Bertz CT molecular complexity index is 1010. The maximum atomic E-state index is 6.00. The van der Waals surface area contributed by atoms with Gasteiger partial charge in [-0.1, -0.05) is 48.0 Å². The first-order valence-electron chi connectivity index (χ1n) is 11.1. The molecule has 0 saturated carbocycles. The highest BCUT2D eigenvalue weighted by Gasteiger charge is 2.23. The zero-order chi connectivity index (χ0) is 21.0. The molecule has 1 aliphatic heterocycles. The molecule has 2 heterocycles. The number of nitrogens with zero attached hydrogens (tertiary/aromatic N) is 4. The van der Waals surface area contributed by atoms with Crippen molar-refractivity contribution >= 4 is 29.4 Å². The number of halogens is 1. The summed E-state index contributed by atoms with van der Waals surface area (Å²) in [6, 6.07) is 16.8. The largest absolute Gasteiger partial charge is 0.351 e. The van der Waals surface area contributed by atoms with Crippen LogP contribution in [0.15, 0.2) is 48.5 Å². The molecule has 2 N–H and O–H groups in total. The van der Waals surface area contributed by atoms with Crippen LogP contribution in [0.25, 0.3) is 0 Å². The molecule has 31 heavy (non-hydrogen) atoms. The summed E-state index contributed by atoms with van der Waals surface area (Å²) < 4.78 is 0. The lowest BCUT2D eigenvalue weighted by molar-refractivity contribution is 0.567. The number of aromatic nitrogens is 3. The zero-order valence-corrected chi connectivity index (χ0v) is 18.3. The highest BCUT2D eigenvalue weighted by Crippen LogP contribution is 2.25. The van der Waals surface area contributed by atoms with Gasteiger partial charge >= 0.3 is 0 Å². The Morgan fingerprint density at radius 3 is 2.23 bits per heavy atom. The van der Waals surface area contributed by atoms with Crippen LogP contribution < -0.4 is 15.5 Å². The minimum atomic E-state index is 0.304. The van der Waals surface area contributed by atoms with Gasteiger partial charge in [-0.05, 0) is 60.9 Å². The monoisotopic (exact) mass is 434 g/mol. The first-order valence-corrected chi connectivity index (χ1v) is 11.4. The second-order valence-electron chi connectivity index (χ2n) is 8.33. The summed E-state index contributed by atoms with van der Waals surface area (Å²) in [5.74, 6) is 2.00. The van der Waals surface area contributed by atoms with Crippen molar-refractivity contribution in [2.24, 2.45) is 0 Å². The molecule has 0 bridgehead atoms. The Hall–Kier alpha value is -2.86. The van der Waals surface area contributed by atoms with Gasteiger partial charge in [-0.25, -0.2) is 0 Å². The van der Waals surface area contributed by atoms with Gasteiger partial charge < -0.3 is 15.5 Å². The molecule has 2 aromatic carbocycles. The lowest BCUT2D eigenvalue weighted by Gasteiger charge is -2.27. The topological polar surface area (TPSA) is 66.0 Å². The average molecular weight is 435 g/mol. The van der Waals surface area contributed by atoms with Crippen LogP contribution >= 0.6 is 11.6 Å². The van der Waals surface area contributed by atoms with Crippen molar-refractivity contribution in [3.63, 3.8) is 0 Å². The first-order chi connectivity index (χ1) is 15.2. The van der Waals surface area contributed by atoms with Crippen LogP contribution in [0.4, 0.5) is 17.8 Å². The molecule has 0 spiro atoms. The molecule has 0 radical (unpaired) electrons. The van der Waals surface area contributed by atoms with Crippen molar-refractivity contribution < 1.29 is 0 Å². The first kappa shape index (κ1) is 20.1. The van der Waals surface area contributed by atoms with Gasteiger partial charge in [0.2, 0.25) is 17.8 Å². The molecule has 0 unspecified atom stereocenters. The Labute approximate surface area is 188 Å². The molecular weight excluding hydrogens is 408 g/mol. The summed E-state index contributed by atoms with van der Waals surface area (Å²) in [6.45, 7) is 2.62. The standard InChI is InChI=1S/C24H27ClN6/c25-20-10-8-17(9-11-20)16-26-22-28-23(30-24(29-22)31-12-4-1-5-13-31)27-21-14-18-6-2-3-7-19(18)15-21/h2-3,6-11,21H,1,4-5,12-16H2,(H2,26,27,28,29,30). The fraction of sp³-hybridized carbons (Fsp3) is 0.375. The van der Waals surface area contributed by atoms with E-state index in [4.69, 9.17) is 21.6 Å². The normalized spacial score (nSPS) is 16.2. The van der Waals surface area contributed by atoms with E-state index < -0.39 is 0 Å². The van der Waals surface area contributed by atoms with E-state index in [1.54, 1.807) is 0 Å². The Balaban J connectivity index is 1.34. The average Bonchev–Trinajstić information content (AvgIpc) is 3.21. The van der Waals surface area contributed by atoms with Crippen LogP contribution in [0.5, 0.6) is 0 Å². The van der Waals surface area contributed by atoms with E-state index in [-0.39, 0.29) is 0 Å². The predicted octanol–water partition coefficient (Wildman–Crippen LogP) is 4.71. The quantitative estimate of drug-likeness (QED) is 0.585. The van der Waals surface area contributed by atoms with Crippen LogP contribution in [0.2, 0.25) is 5.02 Å². The molecule has 2 aliphatic rings. The van der Waals surface area contributed by atoms with Gasteiger partial charge in [0, 0.05) is 30.7 Å². The summed E-state index contributed by atoms with van der Waals surface area (Å²) in [5.41, 5.74) is 3.95. The van der Waals surface area contributed by atoms with Crippen molar-refractivity contribution in [1.29, 1.82) is 0 Å². The third-order valence-corrected chi connectivity index (χ3v) is 6.26. The van der Waals surface area contributed by atoms with Crippen molar-refractivity contribution in [3.8, 4) is 0 Å². The summed E-state index contributed by atoms with van der Waals surface area (Å²) in [5, 5.41) is 7.67. The maximum absolute atomic E-state index is 6.00. The van der Waals surface area contributed by atoms with Crippen LogP contribution in [-0.4, -0.2) is 34.1 Å². The zero-order valence-electron chi connectivity index (χ0n) is 17.5. The molecule has 7 heteroatoms. The van der Waals surface area contributed by atoms with Crippen LogP contribution in [0.3, 0.4) is 0 Å². The third-order valence-electron chi connectivity index (χ3n) is 6.01. The van der Waals surface area contributed by atoms with Gasteiger partial charge in [0.1, 0.15) is 0 Å². The van der Waals surface area contributed by atoms with Gasteiger partial charge in [0.05, 0.1) is 0 Å². The van der Waals surface area contributed by atoms with Crippen molar-refractivity contribution in [2.45, 2.75) is 44.7 Å². The van der Waals surface area contributed by atoms with E-state index in [1.165, 1.54) is 30.4 Å². The number of piperidine rings is 1. The number of rotatable bonds is 6. The minimum absolute atomic E-state index is 0.304. The molecule has 1 aromatic heterocycles. The van der Waals surface area contributed by atoms with Gasteiger partial charge in [-0.15, -0.1) is 0 Å². The molecule has 0 amide bonds. The molecule has 6 nitrogen and oxygen atoms in total. The van der Waals surface area contributed by atoms with Crippen molar-refractivity contribution in [1.82, 2.24) is 15.0 Å². The summed E-state index contributed by atoms with van der Waals surface area (Å²) in [4.78, 5) is 16.5.